The van der Waals surface area contributed by atoms with Gasteiger partial charge in [-0.2, -0.15) is 0 Å². The van der Waals surface area contributed by atoms with Gasteiger partial charge in [0.1, 0.15) is 0 Å². The second-order valence-corrected chi connectivity index (χ2v) is 6.63. The Hall–Kier alpha value is -3.74. The number of anilines is 1. The van der Waals surface area contributed by atoms with Crippen LogP contribution < -0.4 is 11.1 Å². The smallest absolute Gasteiger partial charge is 0.278 e. The fraction of sp³-hybridized carbons (Fsp3) is 0.182. The quantitative estimate of drug-likeness (QED) is 0.587. The van der Waals surface area contributed by atoms with E-state index in [0.29, 0.717) is 17.0 Å². The third-order valence-electron chi connectivity index (χ3n) is 4.63. The number of nitrogens with two attached hydrogens (primary N) is 1. The van der Waals surface area contributed by atoms with Crippen LogP contribution in [0.2, 0.25) is 0 Å². The van der Waals surface area contributed by atoms with Crippen molar-refractivity contribution >= 4 is 29.9 Å². The van der Waals surface area contributed by atoms with E-state index >= 15 is 0 Å². The lowest BCUT2D eigenvalue weighted by Crippen LogP contribution is -2.41. The van der Waals surface area contributed by atoms with Crippen LogP contribution in [0, 0.1) is 0 Å². The standard InChI is InChI=1S/C22H23N5O2/c1-15(16-9-11-17(12-10-16)22(29)27-13-6-14-27)25-19(20(23)24-2)21(28)26-18-7-4-3-5-8-18/h3-5,7-12H,2,6,13-14,23H2,1H3,(H,26,28)/b20-19-,25-15?. The van der Waals surface area contributed by atoms with Gasteiger partial charge in [0.25, 0.3) is 11.8 Å². The number of hydrogen-bond donors (Lipinski definition) is 2. The first kappa shape index (κ1) is 20.0. The molecule has 1 aliphatic rings. The predicted molar refractivity (Wildman–Crippen MR) is 115 cm³/mol. The van der Waals surface area contributed by atoms with E-state index in [-0.39, 0.29) is 17.4 Å². The fourth-order valence-electron chi connectivity index (χ4n) is 2.80. The fourth-order valence-corrected chi connectivity index (χ4v) is 2.80. The minimum atomic E-state index is -0.481. The zero-order chi connectivity index (χ0) is 20.8. The molecule has 0 spiro atoms. The number of hydrogen-bond acceptors (Lipinski definition) is 5. The van der Waals surface area contributed by atoms with Gasteiger partial charge in [0.05, 0.1) is 0 Å². The Balaban J connectivity index is 1.81. The first-order chi connectivity index (χ1) is 14.0. The first-order valence-corrected chi connectivity index (χ1v) is 9.27. The molecule has 0 bridgehead atoms. The first-order valence-electron chi connectivity index (χ1n) is 9.27. The summed E-state index contributed by atoms with van der Waals surface area (Å²) >= 11 is 0. The lowest BCUT2D eigenvalue weighted by molar-refractivity contribution is -0.112. The van der Waals surface area contributed by atoms with Crippen LogP contribution in [0.1, 0.15) is 29.3 Å². The summed E-state index contributed by atoms with van der Waals surface area (Å²) in [7, 11) is 0. The molecule has 148 valence electrons. The summed E-state index contributed by atoms with van der Waals surface area (Å²) in [5, 5.41) is 2.74. The SMILES string of the molecule is C=N/C(N)=C(\N=C(C)c1ccc(C(=O)N2CCC2)cc1)C(=O)Nc1ccccc1. The Morgan fingerprint density at radius 1 is 1.03 bits per heavy atom. The lowest BCUT2D eigenvalue weighted by atomic mass is 10.1. The van der Waals surface area contributed by atoms with E-state index in [9.17, 15) is 9.59 Å². The topological polar surface area (TPSA) is 100 Å². The van der Waals surface area contributed by atoms with E-state index in [2.05, 4.69) is 22.0 Å². The average Bonchev–Trinajstić information content (AvgIpc) is 2.70. The normalized spacial score (nSPS) is 14.5. The number of likely N-dealkylation sites (tertiary alicyclic amines) is 1. The van der Waals surface area contributed by atoms with Crippen LogP contribution in [-0.2, 0) is 4.79 Å². The van der Waals surface area contributed by atoms with E-state index in [0.717, 1.165) is 25.1 Å². The van der Waals surface area contributed by atoms with E-state index < -0.39 is 5.91 Å². The zero-order valence-electron chi connectivity index (χ0n) is 16.3. The van der Waals surface area contributed by atoms with E-state index in [4.69, 9.17) is 5.73 Å². The molecule has 0 aliphatic carbocycles. The molecule has 1 fully saturated rings. The maximum Gasteiger partial charge on any atom is 0.278 e. The molecular weight excluding hydrogens is 366 g/mol. The summed E-state index contributed by atoms with van der Waals surface area (Å²) in [6.45, 7) is 6.76. The number of carbonyl (C=O) groups is 2. The molecule has 0 radical (unpaired) electrons. The van der Waals surface area contributed by atoms with E-state index in [1.807, 2.05) is 18.2 Å². The van der Waals surface area contributed by atoms with Crippen molar-refractivity contribution in [2.75, 3.05) is 18.4 Å². The highest BCUT2D eigenvalue weighted by atomic mass is 16.2. The van der Waals surface area contributed by atoms with Gasteiger partial charge < -0.3 is 16.0 Å². The van der Waals surface area contributed by atoms with Gasteiger partial charge >= 0.3 is 0 Å². The van der Waals surface area contributed by atoms with Gasteiger partial charge in [-0.05, 0) is 49.9 Å². The molecule has 0 atom stereocenters. The molecule has 7 heteroatoms. The van der Waals surface area contributed by atoms with Crippen molar-refractivity contribution in [1.82, 2.24) is 4.90 Å². The van der Waals surface area contributed by atoms with Crippen LogP contribution in [0.15, 0.2) is 76.1 Å². The minimum Gasteiger partial charge on any atom is -0.382 e. The summed E-state index contributed by atoms with van der Waals surface area (Å²) in [6.07, 6.45) is 1.05. The van der Waals surface area contributed by atoms with Gasteiger partial charge in [0.15, 0.2) is 11.5 Å². The summed E-state index contributed by atoms with van der Waals surface area (Å²) in [4.78, 5) is 34.8. The van der Waals surface area contributed by atoms with Gasteiger partial charge in [-0.3, -0.25) is 9.59 Å². The maximum atomic E-state index is 12.6. The van der Waals surface area contributed by atoms with Gasteiger partial charge in [-0.15, -0.1) is 0 Å². The third kappa shape index (κ3) is 4.76. The molecular formula is C22H23N5O2. The highest BCUT2D eigenvalue weighted by Crippen LogP contribution is 2.16. The zero-order valence-corrected chi connectivity index (χ0v) is 16.3. The van der Waals surface area contributed by atoms with E-state index in [1.165, 1.54) is 0 Å². The molecule has 0 saturated carbocycles. The Bertz CT molecular complexity index is 974. The van der Waals surface area contributed by atoms with Gasteiger partial charge in [-0.25, -0.2) is 9.98 Å². The average molecular weight is 389 g/mol. The molecule has 1 aliphatic heterocycles. The monoisotopic (exact) mass is 389 g/mol. The van der Waals surface area contributed by atoms with Gasteiger partial charge in [-0.1, -0.05) is 30.3 Å². The van der Waals surface area contributed by atoms with Gasteiger partial charge in [0.2, 0.25) is 0 Å². The van der Waals surface area contributed by atoms with Crippen LogP contribution in [0.4, 0.5) is 5.69 Å². The molecule has 2 aromatic carbocycles. The molecule has 0 unspecified atom stereocenters. The second kappa shape index (κ2) is 8.97. The van der Waals surface area contributed by atoms with Crippen LogP contribution >= 0.6 is 0 Å². The highest BCUT2D eigenvalue weighted by Gasteiger charge is 2.21. The maximum absolute atomic E-state index is 12.6. The highest BCUT2D eigenvalue weighted by molar-refractivity contribution is 6.08. The summed E-state index contributed by atoms with van der Waals surface area (Å²) < 4.78 is 0. The summed E-state index contributed by atoms with van der Waals surface area (Å²) in [6, 6.07) is 16.1. The van der Waals surface area contributed by atoms with Crippen LogP contribution in [0.3, 0.4) is 0 Å². The van der Waals surface area contributed by atoms with Crippen LogP contribution in [-0.4, -0.2) is 42.2 Å². The number of para-hydroxylation sites is 1. The molecule has 1 heterocycles. The Labute approximate surface area is 169 Å². The number of rotatable bonds is 6. The summed E-state index contributed by atoms with van der Waals surface area (Å²) in [5.74, 6) is -0.521. The number of aliphatic imine (C=N–C) groups is 2. The van der Waals surface area contributed by atoms with Crippen LogP contribution in [0.5, 0.6) is 0 Å². The Morgan fingerprint density at radius 2 is 1.66 bits per heavy atom. The Kier molecular flexibility index (Phi) is 6.19. The van der Waals surface area contributed by atoms with E-state index in [1.54, 1.807) is 48.2 Å². The molecule has 29 heavy (non-hydrogen) atoms. The Morgan fingerprint density at radius 3 is 2.21 bits per heavy atom. The largest absolute Gasteiger partial charge is 0.382 e. The predicted octanol–water partition coefficient (Wildman–Crippen LogP) is 2.81. The third-order valence-corrected chi connectivity index (χ3v) is 4.63. The molecule has 0 aromatic heterocycles. The van der Waals surface area contributed by atoms with Crippen molar-refractivity contribution in [3.63, 3.8) is 0 Å². The molecule has 2 aromatic rings. The molecule has 3 rings (SSSR count). The van der Waals surface area contributed by atoms with Gasteiger partial charge in [0, 0.05) is 30.1 Å². The van der Waals surface area contributed by atoms with Crippen molar-refractivity contribution in [2.24, 2.45) is 15.7 Å². The molecule has 2 amide bonds. The van der Waals surface area contributed by atoms with Crippen molar-refractivity contribution in [2.45, 2.75) is 13.3 Å². The number of amides is 2. The van der Waals surface area contributed by atoms with Crippen LogP contribution in [0.25, 0.3) is 0 Å². The van der Waals surface area contributed by atoms with Crippen molar-refractivity contribution in [3.8, 4) is 0 Å². The number of carbonyl (C=O) groups excluding carboxylic acids is 2. The summed E-state index contributed by atoms with van der Waals surface area (Å²) in [5.41, 5.74) is 8.41. The molecule has 7 nitrogen and oxygen atoms in total. The van der Waals surface area contributed by atoms with Crippen molar-refractivity contribution < 1.29 is 9.59 Å². The molecule has 1 saturated heterocycles. The number of benzene rings is 2. The lowest BCUT2D eigenvalue weighted by Gasteiger charge is -2.30. The molecule has 3 N–H and O–H groups in total. The number of nitrogens with zero attached hydrogens (tertiary/aromatic N) is 3. The second-order valence-electron chi connectivity index (χ2n) is 6.63. The number of nitrogens with one attached hydrogen (secondary N) is 1. The van der Waals surface area contributed by atoms with Crippen molar-refractivity contribution in [1.29, 1.82) is 0 Å². The minimum absolute atomic E-state index is 0.0258. The van der Waals surface area contributed by atoms with Crippen molar-refractivity contribution in [3.05, 3.63) is 77.2 Å².